The molecule has 0 aliphatic carbocycles. The van der Waals surface area contributed by atoms with Crippen molar-refractivity contribution in [3.63, 3.8) is 0 Å². The number of carbonyl (C=O) groups excluding carboxylic acids is 1. The van der Waals surface area contributed by atoms with Crippen LogP contribution in [0.3, 0.4) is 0 Å². The number of rotatable bonds is 4. The van der Waals surface area contributed by atoms with Gasteiger partial charge in [0.05, 0.1) is 16.8 Å². The number of pyridine rings is 1. The summed E-state index contributed by atoms with van der Waals surface area (Å²) < 4.78 is 0. The van der Waals surface area contributed by atoms with Crippen molar-refractivity contribution in [2.75, 3.05) is 24.3 Å². The van der Waals surface area contributed by atoms with Gasteiger partial charge in [0.1, 0.15) is 0 Å². The second kappa shape index (κ2) is 7.76. The zero-order valence-corrected chi connectivity index (χ0v) is 16.8. The normalized spacial score (nSPS) is 10.7. The third-order valence-electron chi connectivity index (χ3n) is 4.90. The number of aromatic nitrogens is 1. The number of carbonyl (C=O) groups is 1. The number of nitrogens with zero attached hydrogens (tertiary/aromatic N) is 2. The van der Waals surface area contributed by atoms with Gasteiger partial charge in [0.25, 0.3) is 5.91 Å². The Morgan fingerprint density at radius 2 is 1.69 bits per heavy atom. The number of anilines is 2. The molecule has 1 N–H and O–H groups in total. The summed E-state index contributed by atoms with van der Waals surface area (Å²) >= 11 is 0. The molecule has 4 aromatic rings. The minimum absolute atomic E-state index is 0.143. The first-order valence-corrected chi connectivity index (χ1v) is 9.57. The third-order valence-corrected chi connectivity index (χ3v) is 4.90. The first-order chi connectivity index (χ1) is 14.0. The summed E-state index contributed by atoms with van der Waals surface area (Å²) in [6.07, 6.45) is 0. The molecule has 4 rings (SSSR count). The first-order valence-electron chi connectivity index (χ1n) is 9.57. The topological polar surface area (TPSA) is 45.2 Å². The smallest absolute Gasteiger partial charge is 0.256 e. The molecular formula is C25H23N3O. The highest BCUT2D eigenvalue weighted by Gasteiger charge is 2.15. The molecule has 0 saturated carbocycles. The van der Waals surface area contributed by atoms with E-state index in [0.717, 1.165) is 39.1 Å². The fourth-order valence-corrected chi connectivity index (χ4v) is 3.34. The molecule has 0 aliphatic heterocycles. The fraction of sp³-hybridized carbons (Fsp3) is 0.120. The van der Waals surface area contributed by atoms with Crippen LogP contribution in [0.1, 0.15) is 15.9 Å². The van der Waals surface area contributed by atoms with Gasteiger partial charge in [-0.05, 0) is 43.3 Å². The quantitative estimate of drug-likeness (QED) is 0.506. The number of hydrogen-bond acceptors (Lipinski definition) is 3. The van der Waals surface area contributed by atoms with Crippen molar-refractivity contribution in [1.29, 1.82) is 0 Å². The number of fused-ring (bicyclic) bond motifs is 1. The summed E-state index contributed by atoms with van der Waals surface area (Å²) in [5, 5.41) is 3.90. The van der Waals surface area contributed by atoms with Crippen molar-refractivity contribution in [1.82, 2.24) is 4.98 Å². The first kappa shape index (κ1) is 18.7. The summed E-state index contributed by atoms with van der Waals surface area (Å²) in [4.78, 5) is 20.0. The van der Waals surface area contributed by atoms with Crippen LogP contribution < -0.4 is 10.2 Å². The lowest BCUT2D eigenvalue weighted by molar-refractivity contribution is 0.102. The summed E-state index contributed by atoms with van der Waals surface area (Å²) in [6.45, 7) is 2.02. The molecule has 3 aromatic carbocycles. The van der Waals surface area contributed by atoms with Crippen LogP contribution in [0.4, 0.5) is 11.4 Å². The fourth-order valence-electron chi connectivity index (χ4n) is 3.34. The van der Waals surface area contributed by atoms with Gasteiger partial charge in [-0.3, -0.25) is 4.79 Å². The zero-order valence-electron chi connectivity index (χ0n) is 16.8. The second-order valence-electron chi connectivity index (χ2n) is 7.34. The van der Waals surface area contributed by atoms with E-state index in [2.05, 4.69) is 5.32 Å². The van der Waals surface area contributed by atoms with Gasteiger partial charge in [0.15, 0.2) is 0 Å². The lowest BCUT2D eigenvalue weighted by atomic mass is 10.0. The molecule has 1 heterocycles. The van der Waals surface area contributed by atoms with Gasteiger partial charge >= 0.3 is 0 Å². The Labute approximate surface area is 170 Å². The molecule has 0 unspecified atom stereocenters. The van der Waals surface area contributed by atoms with Crippen LogP contribution in [-0.4, -0.2) is 25.0 Å². The van der Waals surface area contributed by atoms with Gasteiger partial charge in [-0.25, -0.2) is 4.98 Å². The highest BCUT2D eigenvalue weighted by molar-refractivity contribution is 6.13. The minimum Gasteiger partial charge on any atom is -0.378 e. The Hall–Kier alpha value is -3.66. The lowest BCUT2D eigenvalue weighted by Crippen LogP contribution is -2.14. The van der Waals surface area contributed by atoms with Gasteiger partial charge in [-0.2, -0.15) is 0 Å². The lowest BCUT2D eigenvalue weighted by Gasteiger charge is -2.15. The molecule has 0 saturated heterocycles. The van der Waals surface area contributed by atoms with E-state index in [-0.39, 0.29) is 5.91 Å². The molecular weight excluding hydrogens is 358 g/mol. The molecule has 0 radical (unpaired) electrons. The van der Waals surface area contributed by atoms with E-state index in [4.69, 9.17) is 4.98 Å². The monoisotopic (exact) mass is 381 g/mol. The maximum absolute atomic E-state index is 13.3. The van der Waals surface area contributed by atoms with E-state index in [9.17, 15) is 4.79 Å². The van der Waals surface area contributed by atoms with E-state index in [1.54, 1.807) is 0 Å². The average Bonchev–Trinajstić information content (AvgIpc) is 2.73. The molecule has 1 aromatic heterocycles. The van der Waals surface area contributed by atoms with E-state index in [1.165, 1.54) is 0 Å². The Kier molecular flexibility index (Phi) is 5.00. The van der Waals surface area contributed by atoms with E-state index < -0.39 is 0 Å². The molecule has 1 amide bonds. The molecule has 0 aliphatic rings. The number of hydrogen-bond donors (Lipinski definition) is 1. The maximum atomic E-state index is 13.3. The molecule has 144 valence electrons. The van der Waals surface area contributed by atoms with Gasteiger partial charge in [-0.1, -0.05) is 48.0 Å². The Morgan fingerprint density at radius 3 is 2.45 bits per heavy atom. The van der Waals surface area contributed by atoms with Crippen LogP contribution in [0.15, 0.2) is 78.9 Å². The third kappa shape index (κ3) is 3.97. The number of aryl methyl sites for hydroxylation is 1. The van der Waals surface area contributed by atoms with Crippen molar-refractivity contribution in [2.45, 2.75) is 6.92 Å². The van der Waals surface area contributed by atoms with Crippen LogP contribution in [0.25, 0.3) is 22.2 Å². The molecule has 0 fully saturated rings. The second-order valence-corrected chi connectivity index (χ2v) is 7.34. The molecule has 4 nitrogen and oxygen atoms in total. The highest BCUT2D eigenvalue weighted by Crippen LogP contribution is 2.27. The molecule has 29 heavy (non-hydrogen) atoms. The summed E-state index contributed by atoms with van der Waals surface area (Å²) in [5.41, 5.74) is 6.09. The predicted molar refractivity (Wildman–Crippen MR) is 121 cm³/mol. The minimum atomic E-state index is -0.143. The van der Waals surface area contributed by atoms with Gasteiger partial charge in [-0.15, -0.1) is 0 Å². The summed E-state index contributed by atoms with van der Waals surface area (Å²) in [5.74, 6) is -0.143. The summed E-state index contributed by atoms with van der Waals surface area (Å²) in [7, 11) is 3.96. The van der Waals surface area contributed by atoms with Crippen LogP contribution in [-0.2, 0) is 0 Å². The Balaban J connectivity index is 1.79. The van der Waals surface area contributed by atoms with Crippen LogP contribution in [0, 0.1) is 6.92 Å². The van der Waals surface area contributed by atoms with Gasteiger partial charge in [0.2, 0.25) is 0 Å². The van der Waals surface area contributed by atoms with E-state index in [1.807, 2.05) is 105 Å². The average molecular weight is 381 g/mol. The SMILES string of the molecule is Cc1ccc2nc(-c3ccccc3)cc(C(=O)Nc3cccc(N(C)C)c3)c2c1. The van der Waals surface area contributed by atoms with Gasteiger partial charge in [0, 0.05) is 36.4 Å². The van der Waals surface area contributed by atoms with E-state index in [0.29, 0.717) is 5.56 Å². The molecule has 0 spiro atoms. The van der Waals surface area contributed by atoms with Crippen molar-refractivity contribution < 1.29 is 4.79 Å². The Morgan fingerprint density at radius 1 is 0.897 bits per heavy atom. The van der Waals surface area contributed by atoms with Crippen LogP contribution in [0.2, 0.25) is 0 Å². The van der Waals surface area contributed by atoms with Crippen LogP contribution in [0.5, 0.6) is 0 Å². The van der Waals surface area contributed by atoms with Crippen molar-refractivity contribution in [3.05, 3.63) is 90.0 Å². The Bertz CT molecular complexity index is 1180. The standard InChI is InChI=1S/C25H23N3O/c1-17-12-13-23-21(14-17)22(16-24(27-23)18-8-5-4-6-9-18)25(29)26-19-10-7-11-20(15-19)28(2)3/h4-16H,1-3H3,(H,26,29). The van der Waals surface area contributed by atoms with Crippen LogP contribution >= 0.6 is 0 Å². The largest absolute Gasteiger partial charge is 0.378 e. The van der Waals surface area contributed by atoms with Crippen molar-refractivity contribution >= 4 is 28.2 Å². The maximum Gasteiger partial charge on any atom is 0.256 e. The molecule has 0 atom stereocenters. The number of amides is 1. The number of nitrogens with one attached hydrogen (secondary N) is 1. The highest BCUT2D eigenvalue weighted by atomic mass is 16.1. The number of benzene rings is 3. The molecule has 4 heteroatoms. The van der Waals surface area contributed by atoms with E-state index >= 15 is 0 Å². The predicted octanol–water partition coefficient (Wildman–Crippen LogP) is 5.53. The van der Waals surface area contributed by atoms with Crippen molar-refractivity contribution in [3.8, 4) is 11.3 Å². The molecule has 0 bridgehead atoms. The van der Waals surface area contributed by atoms with Crippen molar-refractivity contribution in [2.24, 2.45) is 0 Å². The summed E-state index contributed by atoms with van der Waals surface area (Å²) in [6, 6.07) is 25.6. The zero-order chi connectivity index (χ0) is 20.4. The van der Waals surface area contributed by atoms with Gasteiger partial charge < -0.3 is 10.2 Å².